The fraction of sp³-hybridized carbons (Fsp3) is 0.421. The standard InChI is InChI=1S/C19H21N3O2/c1-22-8-12(19(23)21-13-9-24-10-13)5-15-14-3-2-4-16-18(14)11(7-20-16)6-17(15)22/h2-5,7,12-13,17,20H,6,8-10H2,1H3,(H,21,23). The Morgan fingerprint density at radius 3 is 3.04 bits per heavy atom. The van der Waals surface area contributed by atoms with E-state index < -0.39 is 0 Å². The van der Waals surface area contributed by atoms with Gasteiger partial charge in [0.25, 0.3) is 0 Å². The Bertz CT molecular complexity index is 849. The third-order valence-electron chi connectivity index (χ3n) is 5.59. The summed E-state index contributed by atoms with van der Waals surface area (Å²) in [5.74, 6) is 0.0192. The number of amides is 1. The van der Waals surface area contributed by atoms with Crippen molar-refractivity contribution >= 4 is 22.4 Å². The fourth-order valence-corrected chi connectivity index (χ4v) is 4.24. The highest BCUT2D eigenvalue weighted by atomic mass is 16.5. The van der Waals surface area contributed by atoms with E-state index in [0.29, 0.717) is 19.3 Å². The minimum atomic E-state index is -0.0994. The van der Waals surface area contributed by atoms with Gasteiger partial charge in [0.15, 0.2) is 0 Å². The number of rotatable bonds is 2. The van der Waals surface area contributed by atoms with E-state index >= 15 is 0 Å². The van der Waals surface area contributed by atoms with Crippen LogP contribution in [0, 0.1) is 5.92 Å². The van der Waals surface area contributed by atoms with Crippen molar-refractivity contribution in [3.8, 4) is 0 Å². The molecule has 2 aliphatic heterocycles. The van der Waals surface area contributed by atoms with Crippen LogP contribution in [0.25, 0.3) is 16.5 Å². The largest absolute Gasteiger partial charge is 0.377 e. The maximum atomic E-state index is 12.6. The molecule has 24 heavy (non-hydrogen) atoms. The third kappa shape index (κ3) is 2.05. The van der Waals surface area contributed by atoms with Crippen LogP contribution < -0.4 is 5.32 Å². The molecule has 0 bridgehead atoms. The number of likely N-dealkylation sites (N-methyl/N-ethyl adjacent to an activating group) is 1. The Kier molecular flexibility index (Phi) is 3.08. The molecule has 1 aliphatic carbocycles. The van der Waals surface area contributed by atoms with E-state index in [0.717, 1.165) is 13.0 Å². The Balaban J connectivity index is 1.54. The Morgan fingerprint density at radius 2 is 2.25 bits per heavy atom. The number of ether oxygens (including phenoxy) is 1. The van der Waals surface area contributed by atoms with Crippen molar-refractivity contribution in [3.05, 3.63) is 41.6 Å². The third-order valence-corrected chi connectivity index (χ3v) is 5.59. The van der Waals surface area contributed by atoms with Crippen molar-refractivity contribution in [2.75, 3.05) is 26.8 Å². The van der Waals surface area contributed by atoms with Gasteiger partial charge in [0.1, 0.15) is 0 Å². The first-order valence-electron chi connectivity index (χ1n) is 8.60. The maximum Gasteiger partial charge on any atom is 0.228 e. The summed E-state index contributed by atoms with van der Waals surface area (Å²) in [6.07, 6.45) is 5.34. The summed E-state index contributed by atoms with van der Waals surface area (Å²) < 4.78 is 5.15. The van der Waals surface area contributed by atoms with Crippen LogP contribution in [0.4, 0.5) is 0 Å². The molecular formula is C19H21N3O2. The van der Waals surface area contributed by atoms with Gasteiger partial charge in [-0.15, -0.1) is 0 Å². The molecule has 1 fully saturated rings. The number of nitrogens with one attached hydrogen (secondary N) is 2. The second kappa shape index (κ2) is 5.19. The number of carbonyl (C=O) groups excluding carboxylic acids is 1. The van der Waals surface area contributed by atoms with Gasteiger partial charge in [0.2, 0.25) is 5.91 Å². The topological polar surface area (TPSA) is 57.4 Å². The molecule has 2 atom stereocenters. The summed E-state index contributed by atoms with van der Waals surface area (Å²) in [7, 11) is 2.13. The predicted molar refractivity (Wildman–Crippen MR) is 92.6 cm³/mol. The van der Waals surface area contributed by atoms with Crippen molar-refractivity contribution in [2.45, 2.75) is 18.5 Å². The van der Waals surface area contributed by atoms with Gasteiger partial charge in [-0.1, -0.05) is 18.2 Å². The van der Waals surface area contributed by atoms with E-state index in [-0.39, 0.29) is 17.9 Å². The number of hydrogen-bond donors (Lipinski definition) is 2. The van der Waals surface area contributed by atoms with E-state index in [1.807, 2.05) is 0 Å². The number of nitrogens with zero attached hydrogens (tertiary/aromatic N) is 1. The molecule has 5 heteroatoms. The number of aromatic nitrogens is 1. The van der Waals surface area contributed by atoms with Gasteiger partial charge in [-0.2, -0.15) is 0 Å². The lowest BCUT2D eigenvalue weighted by Crippen LogP contribution is -2.53. The van der Waals surface area contributed by atoms with Crippen molar-refractivity contribution in [2.24, 2.45) is 5.92 Å². The molecule has 3 aliphatic rings. The second-order valence-electron chi connectivity index (χ2n) is 7.17. The fourth-order valence-electron chi connectivity index (χ4n) is 4.24. The Labute approximate surface area is 140 Å². The highest BCUT2D eigenvalue weighted by Gasteiger charge is 2.36. The Morgan fingerprint density at radius 1 is 1.38 bits per heavy atom. The molecule has 5 nitrogen and oxygen atoms in total. The molecular weight excluding hydrogens is 302 g/mol. The van der Waals surface area contributed by atoms with E-state index in [9.17, 15) is 4.79 Å². The van der Waals surface area contributed by atoms with Crippen LogP contribution in [0.15, 0.2) is 30.5 Å². The average Bonchev–Trinajstić information content (AvgIpc) is 2.96. The summed E-state index contributed by atoms with van der Waals surface area (Å²) in [5.41, 5.74) is 5.13. The zero-order chi connectivity index (χ0) is 16.3. The van der Waals surface area contributed by atoms with Crippen molar-refractivity contribution in [1.82, 2.24) is 15.2 Å². The number of H-pyrrole nitrogens is 1. The Hall–Kier alpha value is -2.11. The summed E-state index contributed by atoms with van der Waals surface area (Å²) in [6, 6.07) is 6.94. The molecule has 2 N–H and O–H groups in total. The number of carbonyl (C=O) groups is 1. The molecule has 2 unspecified atom stereocenters. The van der Waals surface area contributed by atoms with Crippen molar-refractivity contribution < 1.29 is 9.53 Å². The first kappa shape index (κ1) is 14.3. The highest BCUT2D eigenvalue weighted by Crippen LogP contribution is 2.40. The molecule has 2 aromatic rings. The first-order chi connectivity index (χ1) is 11.7. The normalized spacial score (nSPS) is 26.6. The minimum absolute atomic E-state index is 0.0994. The molecule has 124 valence electrons. The molecule has 0 saturated carbocycles. The summed E-state index contributed by atoms with van der Waals surface area (Å²) in [5, 5.41) is 4.42. The molecule has 0 radical (unpaired) electrons. The molecule has 5 rings (SSSR count). The lowest BCUT2D eigenvalue weighted by atomic mass is 9.80. The van der Waals surface area contributed by atoms with Gasteiger partial charge in [-0.25, -0.2) is 0 Å². The minimum Gasteiger partial charge on any atom is -0.377 e. The smallest absolute Gasteiger partial charge is 0.228 e. The van der Waals surface area contributed by atoms with Gasteiger partial charge in [0, 0.05) is 29.7 Å². The van der Waals surface area contributed by atoms with Crippen molar-refractivity contribution in [3.63, 3.8) is 0 Å². The number of aromatic amines is 1. The number of benzene rings is 1. The SMILES string of the molecule is CN1CC(C(=O)NC2COC2)C=C2c3cccc4[nH]cc(c34)CC21. The highest BCUT2D eigenvalue weighted by molar-refractivity contribution is 5.99. The van der Waals surface area contributed by atoms with E-state index in [2.05, 4.69) is 52.7 Å². The molecule has 1 aromatic heterocycles. The lowest BCUT2D eigenvalue weighted by molar-refractivity contribution is -0.128. The van der Waals surface area contributed by atoms with E-state index in [1.54, 1.807) is 0 Å². The zero-order valence-electron chi connectivity index (χ0n) is 13.7. The van der Waals surface area contributed by atoms with E-state index in [1.165, 1.54) is 27.6 Å². The average molecular weight is 323 g/mol. The monoisotopic (exact) mass is 323 g/mol. The second-order valence-corrected chi connectivity index (χ2v) is 7.17. The molecule has 0 spiro atoms. The van der Waals surface area contributed by atoms with Crippen LogP contribution in [0.2, 0.25) is 0 Å². The lowest BCUT2D eigenvalue weighted by Gasteiger charge is -2.40. The van der Waals surface area contributed by atoms with Crippen LogP contribution in [0.1, 0.15) is 11.1 Å². The van der Waals surface area contributed by atoms with Crippen LogP contribution in [-0.2, 0) is 16.0 Å². The van der Waals surface area contributed by atoms with Crippen LogP contribution in [0.5, 0.6) is 0 Å². The first-order valence-corrected chi connectivity index (χ1v) is 8.60. The molecule has 3 heterocycles. The van der Waals surface area contributed by atoms with Crippen LogP contribution in [-0.4, -0.2) is 54.7 Å². The van der Waals surface area contributed by atoms with Gasteiger partial charge >= 0.3 is 0 Å². The summed E-state index contributed by atoms with van der Waals surface area (Å²) in [4.78, 5) is 18.3. The quantitative estimate of drug-likeness (QED) is 0.882. The number of fused-ring (bicyclic) bond motifs is 2. The summed E-state index contributed by atoms with van der Waals surface area (Å²) in [6.45, 7) is 2.04. The van der Waals surface area contributed by atoms with Gasteiger partial charge in [0.05, 0.1) is 25.2 Å². The van der Waals surface area contributed by atoms with Crippen LogP contribution >= 0.6 is 0 Å². The van der Waals surface area contributed by atoms with Gasteiger partial charge < -0.3 is 15.0 Å². The summed E-state index contributed by atoms with van der Waals surface area (Å²) >= 11 is 0. The molecule has 1 amide bonds. The van der Waals surface area contributed by atoms with Crippen LogP contribution in [0.3, 0.4) is 0 Å². The van der Waals surface area contributed by atoms with Crippen molar-refractivity contribution in [1.29, 1.82) is 0 Å². The van der Waals surface area contributed by atoms with E-state index in [4.69, 9.17) is 4.74 Å². The number of hydrogen-bond acceptors (Lipinski definition) is 3. The predicted octanol–water partition coefficient (Wildman–Crippen LogP) is 1.55. The maximum absolute atomic E-state index is 12.6. The zero-order valence-corrected chi connectivity index (χ0v) is 13.7. The van der Waals surface area contributed by atoms with Gasteiger partial charge in [-0.05, 0) is 36.2 Å². The molecule has 1 aromatic carbocycles. The molecule has 1 saturated heterocycles. The van der Waals surface area contributed by atoms with Gasteiger partial charge in [-0.3, -0.25) is 9.69 Å².